The molecular weight excluding hydrogens is 702 g/mol. The van der Waals surface area contributed by atoms with Gasteiger partial charge in [-0.1, -0.05) is 72.3 Å². The van der Waals surface area contributed by atoms with Crippen LogP contribution in [0.15, 0.2) is 96.1 Å². The summed E-state index contributed by atoms with van der Waals surface area (Å²) in [5, 5.41) is 4.81. The highest BCUT2D eigenvalue weighted by Gasteiger charge is 2.13. The van der Waals surface area contributed by atoms with Gasteiger partial charge in [0, 0.05) is 19.7 Å². The van der Waals surface area contributed by atoms with E-state index in [1.54, 1.807) is 30.5 Å². The van der Waals surface area contributed by atoms with E-state index in [2.05, 4.69) is 55.7 Å². The topological polar surface area (TPSA) is 59.9 Å². The van der Waals surface area contributed by atoms with Crippen LogP contribution in [-0.2, 0) is 13.2 Å². The van der Waals surface area contributed by atoms with E-state index in [1.165, 1.54) is 0 Å². The Morgan fingerprint density at radius 3 is 2.42 bits per heavy atom. The summed E-state index contributed by atoms with van der Waals surface area (Å²) in [6, 6.07) is 28.4. The average Bonchev–Trinajstić information content (AvgIpc) is 2.88. The minimum atomic E-state index is -0.381. The van der Waals surface area contributed by atoms with Crippen molar-refractivity contribution in [1.29, 1.82) is 0 Å². The smallest absolute Gasteiger partial charge is 0.275 e. The first kappa shape index (κ1) is 26.4. The van der Waals surface area contributed by atoms with Gasteiger partial charge in [-0.05, 0) is 81.1 Å². The fourth-order valence-electron chi connectivity index (χ4n) is 3.33. The zero-order valence-corrected chi connectivity index (χ0v) is 24.0. The largest absolute Gasteiger partial charge is 0.488 e. The van der Waals surface area contributed by atoms with Gasteiger partial charge in [0.15, 0.2) is 0 Å². The molecule has 8 heteroatoms. The van der Waals surface area contributed by atoms with E-state index in [1.807, 2.05) is 66.7 Å². The monoisotopic (exact) mass is 722 g/mol. The first-order valence-electron chi connectivity index (χ1n) is 11.0. The van der Waals surface area contributed by atoms with Crippen LogP contribution >= 0.6 is 56.8 Å². The summed E-state index contributed by atoms with van der Waals surface area (Å²) in [5.74, 6) is 0.773. The third-order valence-corrected chi connectivity index (χ3v) is 6.90. The lowest BCUT2D eigenvalue weighted by atomic mass is 10.2. The van der Waals surface area contributed by atoms with Crippen molar-refractivity contribution in [3.63, 3.8) is 0 Å². The predicted molar refractivity (Wildman–Crippen MR) is 160 cm³/mol. The zero-order chi connectivity index (χ0) is 25.3. The van der Waals surface area contributed by atoms with Crippen LogP contribution in [0.4, 0.5) is 0 Å². The number of nitrogens with zero attached hydrogens (tertiary/aromatic N) is 1. The molecule has 4 aromatic carbocycles. The molecule has 5 nitrogen and oxygen atoms in total. The Balaban J connectivity index is 1.46. The molecule has 0 aromatic heterocycles. The van der Waals surface area contributed by atoms with Gasteiger partial charge >= 0.3 is 0 Å². The second-order valence-corrected chi connectivity index (χ2v) is 10.5. The maximum absolute atomic E-state index is 12.9. The number of rotatable bonds is 9. The Morgan fingerprint density at radius 1 is 0.889 bits per heavy atom. The zero-order valence-electron chi connectivity index (χ0n) is 19.0. The summed E-state index contributed by atoms with van der Waals surface area (Å²) in [7, 11) is 0. The van der Waals surface area contributed by atoms with Crippen molar-refractivity contribution >= 4 is 68.9 Å². The second-order valence-electron chi connectivity index (χ2n) is 7.66. The summed E-state index contributed by atoms with van der Waals surface area (Å²) in [4.78, 5) is 12.9. The standard InChI is InChI=1S/C28H21ClI2N2O3/c29-24-12-6-4-10-20(24)18-35-26-13-7-5-11-23(26)28(34)33-32-16-21-14-22(30)15-25(31)27(21)36-17-19-8-2-1-3-9-19/h1-16H,17-18H2,(H,33,34)/b32-16+. The highest BCUT2D eigenvalue weighted by molar-refractivity contribution is 14.1. The summed E-state index contributed by atoms with van der Waals surface area (Å²) in [6.07, 6.45) is 1.59. The third-order valence-electron chi connectivity index (χ3n) is 5.11. The summed E-state index contributed by atoms with van der Waals surface area (Å²) < 4.78 is 14.0. The number of hydrogen-bond donors (Lipinski definition) is 1. The Labute approximate surface area is 242 Å². The lowest BCUT2D eigenvalue weighted by molar-refractivity contribution is 0.0950. The van der Waals surface area contributed by atoms with Gasteiger partial charge in [0.1, 0.15) is 24.7 Å². The first-order valence-corrected chi connectivity index (χ1v) is 13.5. The van der Waals surface area contributed by atoms with Gasteiger partial charge in [0.05, 0.1) is 15.3 Å². The van der Waals surface area contributed by atoms with E-state index >= 15 is 0 Å². The van der Waals surface area contributed by atoms with Crippen LogP contribution in [0.5, 0.6) is 11.5 Å². The fourth-order valence-corrected chi connectivity index (χ4v) is 5.57. The van der Waals surface area contributed by atoms with Crippen molar-refractivity contribution in [2.45, 2.75) is 13.2 Å². The number of para-hydroxylation sites is 1. The summed E-state index contributed by atoms with van der Waals surface area (Å²) in [5.41, 5.74) is 5.65. The van der Waals surface area contributed by atoms with Crippen molar-refractivity contribution in [3.05, 3.63) is 125 Å². The molecule has 0 aliphatic rings. The number of ether oxygens (including phenoxy) is 2. The molecule has 1 amide bonds. The minimum Gasteiger partial charge on any atom is -0.488 e. The number of amides is 1. The Hall–Kier alpha value is -2.63. The Morgan fingerprint density at radius 2 is 1.61 bits per heavy atom. The van der Waals surface area contributed by atoms with Crippen LogP contribution in [0.1, 0.15) is 27.0 Å². The van der Waals surface area contributed by atoms with Crippen molar-refractivity contribution in [2.75, 3.05) is 0 Å². The van der Waals surface area contributed by atoms with Crippen molar-refractivity contribution < 1.29 is 14.3 Å². The van der Waals surface area contributed by atoms with E-state index < -0.39 is 0 Å². The van der Waals surface area contributed by atoms with Crippen LogP contribution in [0.3, 0.4) is 0 Å². The lowest BCUT2D eigenvalue weighted by Gasteiger charge is -2.12. The number of hydrazone groups is 1. The Bertz CT molecular complexity index is 1380. The number of hydrogen-bond acceptors (Lipinski definition) is 4. The summed E-state index contributed by atoms with van der Waals surface area (Å²) >= 11 is 10.7. The average molecular weight is 723 g/mol. The number of carbonyl (C=O) groups is 1. The molecule has 36 heavy (non-hydrogen) atoms. The fraction of sp³-hybridized carbons (Fsp3) is 0.0714. The van der Waals surface area contributed by atoms with E-state index in [0.717, 1.165) is 23.8 Å². The van der Waals surface area contributed by atoms with E-state index in [-0.39, 0.29) is 12.5 Å². The van der Waals surface area contributed by atoms with Gasteiger partial charge in [-0.2, -0.15) is 5.10 Å². The molecule has 0 bridgehead atoms. The molecule has 0 saturated heterocycles. The molecule has 4 aromatic rings. The molecule has 0 aliphatic heterocycles. The molecule has 4 rings (SSSR count). The molecule has 1 N–H and O–H groups in total. The van der Waals surface area contributed by atoms with Crippen LogP contribution < -0.4 is 14.9 Å². The van der Waals surface area contributed by atoms with Crippen LogP contribution in [0.25, 0.3) is 0 Å². The Kier molecular flexibility index (Phi) is 9.60. The first-order chi connectivity index (χ1) is 17.5. The van der Waals surface area contributed by atoms with Crippen molar-refractivity contribution in [2.24, 2.45) is 5.10 Å². The van der Waals surface area contributed by atoms with Crippen molar-refractivity contribution in [3.8, 4) is 11.5 Å². The molecular formula is C28H21ClI2N2O3. The molecule has 0 unspecified atom stereocenters. The number of benzene rings is 4. The van der Waals surface area contributed by atoms with Gasteiger partial charge < -0.3 is 9.47 Å². The maximum atomic E-state index is 12.9. The lowest BCUT2D eigenvalue weighted by Crippen LogP contribution is -2.19. The SMILES string of the molecule is O=C(N/N=C/c1cc(I)cc(I)c1OCc1ccccc1)c1ccccc1OCc1ccccc1Cl. The van der Waals surface area contributed by atoms with Crippen LogP contribution in [0, 0.1) is 7.14 Å². The van der Waals surface area contributed by atoms with Gasteiger partial charge in [-0.15, -0.1) is 0 Å². The minimum absolute atomic E-state index is 0.246. The molecule has 182 valence electrons. The number of carbonyl (C=O) groups excluding carboxylic acids is 1. The molecule has 0 spiro atoms. The van der Waals surface area contributed by atoms with E-state index in [0.29, 0.717) is 28.7 Å². The molecule has 0 aliphatic carbocycles. The highest BCUT2D eigenvalue weighted by Crippen LogP contribution is 2.28. The van der Waals surface area contributed by atoms with Crippen LogP contribution in [-0.4, -0.2) is 12.1 Å². The van der Waals surface area contributed by atoms with E-state index in [9.17, 15) is 4.79 Å². The van der Waals surface area contributed by atoms with Crippen molar-refractivity contribution in [1.82, 2.24) is 5.43 Å². The molecule has 0 atom stereocenters. The molecule has 0 saturated carbocycles. The number of nitrogens with one attached hydrogen (secondary N) is 1. The quantitative estimate of drug-likeness (QED) is 0.111. The summed E-state index contributed by atoms with van der Waals surface area (Å²) in [6.45, 7) is 0.678. The maximum Gasteiger partial charge on any atom is 0.275 e. The van der Waals surface area contributed by atoms with Gasteiger partial charge in [0.25, 0.3) is 5.91 Å². The van der Waals surface area contributed by atoms with Gasteiger partial charge in [-0.3, -0.25) is 4.79 Å². The van der Waals surface area contributed by atoms with Crippen LogP contribution in [0.2, 0.25) is 5.02 Å². The van der Waals surface area contributed by atoms with Gasteiger partial charge in [0.2, 0.25) is 0 Å². The highest BCUT2D eigenvalue weighted by atomic mass is 127. The molecule has 0 heterocycles. The predicted octanol–water partition coefficient (Wildman–Crippen LogP) is 7.47. The van der Waals surface area contributed by atoms with E-state index in [4.69, 9.17) is 21.1 Å². The van der Waals surface area contributed by atoms with Gasteiger partial charge in [-0.25, -0.2) is 5.43 Å². The normalized spacial score (nSPS) is 10.9. The number of halogens is 3. The molecule has 0 fully saturated rings. The second kappa shape index (κ2) is 13.1. The molecule has 0 radical (unpaired) electrons. The third kappa shape index (κ3) is 7.21.